The smallest absolute Gasteiger partial charge is 0.0491 e. The minimum Gasteiger partial charge on any atom is -0.384 e. The Labute approximate surface area is 94.0 Å². The third-order valence-electron chi connectivity index (χ3n) is 3.18. The van der Waals surface area contributed by atoms with Crippen LogP contribution in [0.4, 0.5) is 0 Å². The van der Waals surface area contributed by atoms with Crippen LogP contribution in [0, 0.1) is 5.92 Å². The van der Waals surface area contributed by atoms with E-state index in [9.17, 15) is 0 Å². The van der Waals surface area contributed by atoms with Gasteiger partial charge < -0.3 is 15.4 Å². The van der Waals surface area contributed by atoms with Gasteiger partial charge in [0.15, 0.2) is 0 Å². The van der Waals surface area contributed by atoms with Crippen LogP contribution < -0.4 is 5.73 Å². The highest BCUT2D eigenvalue weighted by Gasteiger charge is 2.20. The van der Waals surface area contributed by atoms with Gasteiger partial charge in [0, 0.05) is 19.3 Å². The van der Waals surface area contributed by atoms with E-state index in [1.54, 1.807) is 7.11 Å². The normalized spacial score (nSPS) is 20.8. The lowest BCUT2D eigenvalue weighted by atomic mass is 9.96. The lowest BCUT2D eigenvalue weighted by Crippen LogP contribution is -2.41. The maximum Gasteiger partial charge on any atom is 0.0491 e. The first-order valence-corrected chi connectivity index (χ1v) is 6.01. The molecule has 0 radical (unpaired) electrons. The van der Waals surface area contributed by atoms with Crippen molar-refractivity contribution in [2.45, 2.75) is 38.6 Å². The van der Waals surface area contributed by atoms with Gasteiger partial charge in [-0.1, -0.05) is 0 Å². The molecule has 3 heteroatoms. The van der Waals surface area contributed by atoms with Gasteiger partial charge in [0.2, 0.25) is 0 Å². The monoisotopic (exact) mass is 214 g/mol. The molecule has 0 aromatic rings. The summed E-state index contributed by atoms with van der Waals surface area (Å²) in [4.78, 5) is 2.53. The summed E-state index contributed by atoms with van der Waals surface area (Å²) in [6.45, 7) is 8.70. The van der Waals surface area contributed by atoms with Crippen LogP contribution in [-0.4, -0.2) is 43.8 Å². The Bertz CT molecular complexity index is 169. The standard InChI is InChI=1S/C12H26N2O/c1-12(2,13)6-9-14-7-4-11(5-8-14)10-15-3/h11H,4-10,13H2,1-3H3. The topological polar surface area (TPSA) is 38.5 Å². The van der Waals surface area contributed by atoms with Crippen LogP contribution in [0.3, 0.4) is 0 Å². The summed E-state index contributed by atoms with van der Waals surface area (Å²) in [5.41, 5.74) is 5.96. The molecule has 0 spiro atoms. The van der Waals surface area contributed by atoms with Gasteiger partial charge in [0.25, 0.3) is 0 Å². The number of methoxy groups -OCH3 is 1. The summed E-state index contributed by atoms with van der Waals surface area (Å²) < 4.78 is 5.19. The van der Waals surface area contributed by atoms with Gasteiger partial charge in [0.1, 0.15) is 0 Å². The number of nitrogens with two attached hydrogens (primary N) is 1. The second-order valence-corrected chi connectivity index (χ2v) is 5.48. The van der Waals surface area contributed by atoms with Gasteiger partial charge in [0.05, 0.1) is 0 Å². The van der Waals surface area contributed by atoms with Crippen molar-refractivity contribution in [3.05, 3.63) is 0 Å². The highest BCUT2D eigenvalue weighted by molar-refractivity contribution is 4.77. The molecule has 0 aromatic carbocycles. The molecule has 0 saturated carbocycles. The third-order valence-corrected chi connectivity index (χ3v) is 3.18. The summed E-state index contributed by atoms with van der Waals surface area (Å²) in [6, 6.07) is 0. The number of nitrogens with zero attached hydrogens (tertiary/aromatic N) is 1. The van der Waals surface area contributed by atoms with Crippen LogP contribution in [0.1, 0.15) is 33.1 Å². The first-order chi connectivity index (χ1) is 7.01. The zero-order chi connectivity index (χ0) is 11.3. The summed E-state index contributed by atoms with van der Waals surface area (Å²) in [5.74, 6) is 0.775. The number of hydrogen-bond acceptors (Lipinski definition) is 3. The fourth-order valence-corrected chi connectivity index (χ4v) is 2.06. The Hall–Kier alpha value is -0.120. The third kappa shape index (κ3) is 5.50. The zero-order valence-electron chi connectivity index (χ0n) is 10.5. The van der Waals surface area contributed by atoms with Crippen LogP contribution in [-0.2, 0) is 4.74 Å². The lowest BCUT2D eigenvalue weighted by Gasteiger charge is -2.33. The SMILES string of the molecule is COCC1CCN(CCC(C)(C)N)CC1. The van der Waals surface area contributed by atoms with E-state index >= 15 is 0 Å². The zero-order valence-corrected chi connectivity index (χ0v) is 10.5. The van der Waals surface area contributed by atoms with E-state index in [-0.39, 0.29) is 5.54 Å². The summed E-state index contributed by atoms with van der Waals surface area (Å²) >= 11 is 0. The molecular formula is C12H26N2O. The van der Waals surface area contributed by atoms with Crippen LogP contribution in [0.5, 0.6) is 0 Å². The van der Waals surface area contributed by atoms with Gasteiger partial charge in [-0.05, 0) is 58.7 Å². The molecule has 0 unspecified atom stereocenters. The van der Waals surface area contributed by atoms with Crippen LogP contribution in [0.15, 0.2) is 0 Å². The first kappa shape index (κ1) is 12.9. The van der Waals surface area contributed by atoms with E-state index in [1.807, 2.05) is 0 Å². The van der Waals surface area contributed by atoms with E-state index < -0.39 is 0 Å². The summed E-state index contributed by atoms with van der Waals surface area (Å²) in [5, 5.41) is 0. The van der Waals surface area contributed by atoms with Crippen molar-refractivity contribution in [3.8, 4) is 0 Å². The number of rotatable bonds is 5. The molecule has 1 rings (SSSR count). The molecular weight excluding hydrogens is 188 g/mol. The molecule has 0 atom stereocenters. The van der Waals surface area contributed by atoms with Crippen molar-refractivity contribution in [1.29, 1.82) is 0 Å². The van der Waals surface area contributed by atoms with Gasteiger partial charge in [-0.15, -0.1) is 0 Å². The molecule has 1 fully saturated rings. The van der Waals surface area contributed by atoms with Gasteiger partial charge in [-0.2, -0.15) is 0 Å². The second kappa shape index (κ2) is 5.83. The lowest BCUT2D eigenvalue weighted by molar-refractivity contribution is 0.0968. The molecule has 0 amide bonds. The maximum atomic E-state index is 5.98. The predicted molar refractivity (Wildman–Crippen MR) is 63.9 cm³/mol. The van der Waals surface area contributed by atoms with Crippen molar-refractivity contribution in [3.63, 3.8) is 0 Å². The Kier molecular flexibility index (Phi) is 5.03. The molecule has 1 heterocycles. The minimum atomic E-state index is -0.0244. The van der Waals surface area contributed by atoms with E-state index in [0.29, 0.717) is 0 Å². The molecule has 2 N–H and O–H groups in total. The second-order valence-electron chi connectivity index (χ2n) is 5.48. The van der Waals surface area contributed by atoms with Crippen molar-refractivity contribution in [1.82, 2.24) is 4.90 Å². The molecule has 0 bridgehead atoms. The molecule has 1 aliphatic heterocycles. The van der Waals surface area contributed by atoms with Crippen LogP contribution >= 0.6 is 0 Å². The van der Waals surface area contributed by atoms with Crippen molar-refractivity contribution in [2.75, 3.05) is 33.4 Å². The number of likely N-dealkylation sites (tertiary alicyclic amines) is 1. The minimum absolute atomic E-state index is 0.0244. The molecule has 15 heavy (non-hydrogen) atoms. The van der Waals surface area contributed by atoms with E-state index in [1.165, 1.54) is 25.9 Å². The van der Waals surface area contributed by atoms with E-state index in [2.05, 4.69) is 18.7 Å². The highest BCUT2D eigenvalue weighted by atomic mass is 16.5. The average Bonchev–Trinajstić information content (AvgIpc) is 2.16. The Morgan fingerprint density at radius 3 is 2.40 bits per heavy atom. The Morgan fingerprint density at radius 2 is 1.93 bits per heavy atom. The van der Waals surface area contributed by atoms with Crippen LogP contribution in [0.2, 0.25) is 0 Å². The van der Waals surface area contributed by atoms with Crippen molar-refractivity contribution < 1.29 is 4.74 Å². The molecule has 1 saturated heterocycles. The fraction of sp³-hybridized carbons (Fsp3) is 1.00. The Morgan fingerprint density at radius 1 is 1.33 bits per heavy atom. The molecule has 0 aliphatic carbocycles. The highest BCUT2D eigenvalue weighted by Crippen LogP contribution is 2.18. The molecule has 90 valence electrons. The molecule has 0 aromatic heterocycles. The average molecular weight is 214 g/mol. The number of ether oxygens (including phenoxy) is 1. The van der Waals surface area contributed by atoms with Gasteiger partial charge in [-0.25, -0.2) is 0 Å². The maximum absolute atomic E-state index is 5.98. The van der Waals surface area contributed by atoms with E-state index in [0.717, 1.165) is 25.5 Å². The number of hydrogen-bond donors (Lipinski definition) is 1. The first-order valence-electron chi connectivity index (χ1n) is 6.01. The van der Waals surface area contributed by atoms with Crippen molar-refractivity contribution >= 4 is 0 Å². The summed E-state index contributed by atoms with van der Waals surface area (Å²) in [7, 11) is 1.79. The summed E-state index contributed by atoms with van der Waals surface area (Å²) in [6.07, 6.45) is 3.64. The predicted octanol–water partition coefficient (Wildman–Crippen LogP) is 1.47. The molecule has 3 nitrogen and oxygen atoms in total. The van der Waals surface area contributed by atoms with Gasteiger partial charge >= 0.3 is 0 Å². The number of piperidine rings is 1. The molecule has 1 aliphatic rings. The van der Waals surface area contributed by atoms with Crippen molar-refractivity contribution in [2.24, 2.45) is 11.7 Å². The largest absolute Gasteiger partial charge is 0.384 e. The van der Waals surface area contributed by atoms with Crippen LogP contribution in [0.25, 0.3) is 0 Å². The Balaban J connectivity index is 2.15. The fourth-order valence-electron chi connectivity index (χ4n) is 2.06. The van der Waals surface area contributed by atoms with E-state index in [4.69, 9.17) is 10.5 Å². The quantitative estimate of drug-likeness (QED) is 0.753. The van der Waals surface area contributed by atoms with Gasteiger partial charge in [-0.3, -0.25) is 0 Å².